The Bertz CT molecular complexity index is 617. The maximum absolute atomic E-state index is 13.1. The highest BCUT2D eigenvalue weighted by molar-refractivity contribution is 5.74. The van der Waals surface area contributed by atoms with Crippen LogP contribution in [0.1, 0.15) is 23.7 Å². The molecule has 1 saturated heterocycles. The Kier molecular flexibility index (Phi) is 3.81. The predicted octanol–water partition coefficient (Wildman–Crippen LogP) is 1.91. The molecule has 0 radical (unpaired) electrons. The molecule has 0 aliphatic carbocycles. The number of halogens is 1. The van der Waals surface area contributed by atoms with Crippen LogP contribution in [0, 0.1) is 5.82 Å². The smallest absolute Gasteiger partial charge is 0.317 e. The van der Waals surface area contributed by atoms with Gasteiger partial charge in [-0.3, -0.25) is 0 Å². The van der Waals surface area contributed by atoms with E-state index < -0.39 is 0 Å². The van der Waals surface area contributed by atoms with Crippen LogP contribution in [0.4, 0.5) is 9.18 Å². The standard InChI is InChI=1S/C14H15FN4O2/c15-12-3-1-2-10(6-12)7-16-14(20)19-5-4-11(8-19)13-17-9-21-18-13/h1-3,6,9,11H,4-5,7-8H2,(H,16,20). The van der Waals surface area contributed by atoms with Crippen molar-refractivity contribution in [2.45, 2.75) is 18.9 Å². The van der Waals surface area contributed by atoms with Gasteiger partial charge in [0.15, 0.2) is 5.82 Å². The van der Waals surface area contributed by atoms with Gasteiger partial charge in [0.25, 0.3) is 0 Å². The summed E-state index contributed by atoms with van der Waals surface area (Å²) < 4.78 is 17.8. The molecule has 2 aromatic rings. The summed E-state index contributed by atoms with van der Waals surface area (Å²) in [6, 6.07) is 6.02. The number of benzene rings is 1. The van der Waals surface area contributed by atoms with Crippen LogP contribution in [0.5, 0.6) is 0 Å². The van der Waals surface area contributed by atoms with Gasteiger partial charge in [-0.15, -0.1) is 0 Å². The molecule has 21 heavy (non-hydrogen) atoms. The van der Waals surface area contributed by atoms with Crippen molar-refractivity contribution in [2.75, 3.05) is 13.1 Å². The highest BCUT2D eigenvalue weighted by Crippen LogP contribution is 2.24. The number of carbonyl (C=O) groups excluding carboxylic acids is 1. The number of rotatable bonds is 3. The number of urea groups is 1. The summed E-state index contributed by atoms with van der Waals surface area (Å²) in [4.78, 5) is 17.8. The largest absolute Gasteiger partial charge is 0.343 e. The first kappa shape index (κ1) is 13.5. The summed E-state index contributed by atoms with van der Waals surface area (Å²) >= 11 is 0. The fourth-order valence-electron chi connectivity index (χ4n) is 2.45. The summed E-state index contributed by atoms with van der Waals surface area (Å²) in [6.07, 6.45) is 2.11. The number of nitrogens with one attached hydrogen (secondary N) is 1. The van der Waals surface area contributed by atoms with Crippen LogP contribution in [-0.2, 0) is 6.54 Å². The van der Waals surface area contributed by atoms with Crippen LogP contribution in [0.3, 0.4) is 0 Å². The van der Waals surface area contributed by atoms with Gasteiger partial charge >= 0.3 is 6.03 Å². The van der Waals surface area contributed by atoms with E-state index in [1.165, 1.54) is 18.5 Å². The molecular formula is C14H15FN4O2. The first-order valence-corrected chi connectivity index (χ1v) is 6.76. The summed E-state index contributed by atoms with van der Waals surface area (Å²) in [5.41, 5.74) is 0.734. The SMILES string of the molecule is O=C(NCc1cccc(F)c1)N1CCC(c2ncon2)C1. The average Bonchev–Trinajstić information content (AvgIpc) is 3.15. The van der Waals surface area contributed by atoms with Gasteiger partial charge in [-0.1, -0.05) is 17.3 Å². The lowest BCUT2D eigenvalue weighted by Gasteiger charge is -2.16. The molecular weight excluding hydrogens is 275 g/mol. The van der Waals surface area contributed by atoms with Gasteiger partial charge in [-0.05, 0) is 24.1 Å². The number of nitrogens with zero attached hydrogens (tertiary/aromatic N) is 3. The molecule has 1 unspecified atom stereocenters. The Morgan fingerprint density at radius 1 is 1.52 bits per heavy atom. The van der Waals surface area contributed by atoms with Crippen molar-refractivity contribution in [3.63, 3.8) is 0 Å². The topological polar surface area (TPSA) is 71.3 Å². The van der Waals surface area contributed by atoms with Gasteiger partial charge < -0.3 is 14.7 Å². The number of carbonyl (C=O) groups is 1. The number of likely N-dealkylation sites (tertiary alicyclic amines) is 1. The molecule has 1 aromatic carbocycles. The van der Waals surface area contributed by atoms with Crippen molar-refractivity contribution in [1.29, 1.82) is 0 Å². The minimum Gasteiger partial charge on any atom is -0.343 e. The molecule has 3 rings (SSSR count). The predicted molar refractivity (Wildman–Crippen MR) is 71.9 cm³/mol. The number of hydrogen-bond acceptors (Lipinski definition) is 4. The van der Waals surface area contributed by atoms with Gasteiger partial charge in [0.05, 0.1) is 0 Å². The fourth-order valence-corrected chi connectivity index (χ4v) is 2.45. The maximum atomic E-state index is 13.1. The minimum absolute atomic E-state index is 0.115. The second kappa shape index (κ2) is 5.90. The molecule has 1 N–H and O–H groups in total. The Labute approximate surface area is 120 Å². The van der Waals surface area contributed by atoms with E-state index in [-0.39, 0.29) is 17.8 Å². The van der Waals surface area contributed by atoms with Crippen molar-refractivity contribution < 1.29 is 13.7 Å². The molecule has 2 amide bonds. The van der Waals surface area contributed by atoms with E-state index in [4.69, 9.17) is 4.52 Å². The number of amides is 2. The molecule has 2 heterocycles. The molecule has 0 spiro atoms. The molecule has 1 aliphatic heterocycles. The van der Waals surface area contributed by atoms with E-state index in [1.54, 1.807) is 17.0 Å². The zero-order valence-corrected chi connectivity index (χ0v) is 11.3. The van der Waals surface area contributed by atoms with Crippen molar-refractivity contribution in [3.8, 4) is 0 Å². The van der Waals surface area contributed by atoms with Crippen molar-refractivity contribution in [3.05, 3.63) is 47.9 Å². The second-order valence-corrected chi connectivity index (χ2v) is 5.01. The molecule has 6 nitrogen and oxygen atoms in total. The quantitative estimate of drug-likeness (QED) is 0.937. The van der Waals surface area contributed by atoms with E-state index in [1.807, 2.05) is 0 Å². The van der Waals surface area contributed by atoms with E-state index >= 15 is 0 Å². The zero-order valence-electron chi connectivity index (χ0n) is 11.3. The normalized spacial score (nSPS) is 18.0. The van der Waals surface area contributed by atoms with E-state index in [9.17, 15) is 9.18 Å². The van der Waals surface area contributed by atoms with Gasteiger partial charge in [-0.25, -0.2) is 9.18 Å². The third-order valence-electron chi connectivity index (χ3n) is 3.55. The first-order chi connectivity index (χ1) is 10.2. The van der Waals surface area contributed by atoms with E-state index in [0.29, 0.717) is 25.5 Å². The van der Waals surface area contributed by atoms with Crippen molar-refractivity contribution >= 4 is 6.03 Å². The summed E-state index contributed by atoms with van der Waals surface area (Å²) in [5, 5.41) is 6.60. The van der Waals surface area contributed by atoms with Gasteiger partial charge in [0, 0.05) is 25.6 Å². The van der Waals surface area contributed by atoms with Crippen LogP contribution in [0.2, 0.25) is 0 Å². The molecule has 1 atom stereocenters. The monoisotopic (exact) mass is 290 g/mol. The van der Waals surface area contributed by atoms with Crippen LogP contribution in [0.25, 0.3) is 0 Å². The third-order valence-corrected chi connectivity index (χ3v) is 3.55. The lowest BCUT2D eigenvalue weighted by molar-refractivity contribution is 0.207. The van der Waals surface area contributed by atoms with E-state index in [0.717, 1.165) is 12.0 Å². The van der Waals surface area contributed by atoms with Crippen molar-refractivity contribution in [1.82, 2.24) is 20.4 Å². The van der Waals surface area contributed by atoms with Crippen LogP contribution in [-0.4, -0.2) is 34.2 Å². The summed E-state index contributed by atoms with van der Waals surface area (Å²) in [5.74, 6) is 0.444. The molecule has 1 aliphatic rings. The Balaban J connectivity index is 1.52. The molecule has 0 saturated carbocycles. The van der Waals surface area contributed by atoms with Gasteiger partial charge in [0.1, 0.15) is 5.82 Å². The summed E-state index contributed by atoms with van der Waals surface area (Å²) in [7, 11) is 0. The Morgan fingerprint density at radius 3 is 3.19 bits per heavy atom. The van der Waals surface area contributed by atoms with Gasteiger partial charge in [0.2, 0.25) is 6.39 Å². The molecule has 0 bridgehead atoms. The molecule has 7 heteroatoms. The number of aromatic nitrogens is 2. The third kappa shape index (κ3) is 3.18. The van der Waals surface area contributed by atoms with Crippen LogP contribution < -0.4 is 5.32 Å². The van der Waals surface area contributed by atoms with Crippen LogP contribution >= 0.6 is 0 Å². The lowest BCUT2D eigenvalue weighted by atomic mass is 10.1. The first-order valence-electron chi connectivity index (χ1n) is 6.76. The minimum atomic E-state index is -0.305. The highest BCUT2D eigenvalue weighted by atomic mass is 19.1. The van der Waals surface area contributed by atoms with Gasteiger partial charge in [-0.2, -0.15) is 4.98 Å². The maximum Gasteiger partial charge on any atom is 0.317 e. The Hall–Kier alpha value is -2.44. The van der Waals surface area contributed by atoms with E-state index in [2.05, 4.69) is 15.5 Å². The molecule has 110 valence electrons. The molecule has 1 fully saturated rings. The summed E-state index contributed by atoms with van der Waals surface area (Å²) in [6.45, 7) is 1.52. The lowest BCUT2D eigenvalue weighted by Crippen LogP contribution is -2.38. The zero-order chi connectivity index (χ0) is 14.7. The number of hydrogen-bond donors (Lipinski definition) is 1. The second-order valence-electron chi connectivity index (χ2n) is 5.01. The molecule has 1 aromatic heterocycles. The van der Waals surface area contributed by atoms with Crippen molar-refractivity contribution in [2.24, 2.45) is 0 Å². The fraction of sp³-hybridized carbons (Fsp3) is 0.357. The highest BCUT2D eigenvalue weighted by Gasteiger charge is 2.29. The average molecular weight is 290 g/mol. The Morgan fingerprint density at radius 2 is 2.43 bits per heavy atom. The van der Waals surface area contributed by atoms with Crippen LogP contribution in [0.15, 0.2) is 35.2 Å².